The zero-order valence-corrected chi connectivity index (χ0v) is 14.3. The number of primary amides is 1. The van der Waals surface area contributed by atoms with E-state index in [2.05, 4.69) is 5.32 Å². The van der Waals surface area contributed by atoms with Gasteiger partial charge in [0.2, 0.25) is 11.8 Å². The van der Waals surface area contributed by atoms with Gasteiger partial charge >= 0.3 is 0 Å². The summed E-state index contributed by atoms with van der Waals surface area (Å²) in [6, 6.07) is 11.2. The molecule has 0 bridgehead atoms. The number of amides is 3. The molecule has 0 radical (unpaired) electrons. The van der Waals surface area contributed by atoms with Gasteiger partial charge in [-0.1, -0.05) is 0 Å². The highest BCUT2D eigenvalue weighted by atomic mass is 16.5. The normalized spacial score (nSPS) is 13.6. The summed E-state index contributed by atoms with van der Waals surface area (Å²) in [5.74, 6) is -0.293. The van der Waals surface area contributed by atoms with E-state index in [0.29, 0.717) is 41.2 Å². The number of nitrogens with one attached hydrogen (secondary N) is 1. The van der Waals surface area contributed by atoms with Gasteiger partial charge in [-0.2, -0.15) is 0 Å². The van der Waals surface area contributed by atoms with Gasteiger partial charge in [0.05, 0.1) is 12.8 Å². The van der Waals surface area contributed by atoms with Crippen molar-refractivity contribution in [1.82, 2.24) is 0 Å². The Morgan fingerprint density at radius 2 is 1.81 bits per heavy atom. The number of carbonyl (C=O) groups is 3. The fourth-order valence-corrected chi connectivity index (χ4v) is 2.87. The molecule has 2 aromatic rings. The third-order valence-corrected chi connectivity index (χ3v) is 4.23. The van der Waals surface area contributed by atoms with Crippen molar-refractivity contribution in [3.8, 4) is 5.75 Å². The Balaban J connectivity index is 1.78. The van der Waals surface area contributed by atoms with Crippen LogP contribution in [0.15, 0.2) is 42.5 Å². The number of anilines is 2. The van der Waals surface area contributed by atoms with Crippen LogP contribution in [-0.2, 0) is 4.79 Å². The minimum absolute atomic E-state index is 0.0645. The fourth-order valence-electron chi connectivity index (χ4n) is 2.87. The van der Waals surface area contributed by atoms with Gasteiger partial charge in [-0.3, -0.25) is 14.4 Å². The van der Waals surface area contributed by atoms with Crippen LogP contribution >= 0.6 is 0 Å². The van der Waals surface area contributed by atoms with Crippen LogP contribution in [-0.4, -0.2) is 31.4 Å². The van der Waals surface area contributed by atoms with Crippen molar-refractivity contribution in [2.24, 2.45) is 5.73 Å². The molecule has 7 nitrogen and oxygen atoms in total. The molecule has 1 aliphatic rings. The molecule has 26 heavy (non-hydrogen) atoms. The van der Waals surface area contributed by atoms with Gasteiger partial charge in [-0.05, 0) is 42.8 Å². The first-order valence-corrected chi connectivity index (χ1v) is 8.19. The van der Waals surface area contributed by atoms with E-state index in [1.807, 2.05) is 0 Å². The van der Waals surface area contributed by atoms with E-state index >= 15 is 0 Å². The first-order valence-electron chi connectivity index (χ1n) is 8.19. The molecule has 0 spiro atoms. The van der Waals surface area contributed by atoms with Gasteiger partial charge in [-0.15, -0.1) is 0 Å². The largest absolute Gasteiger partial charge is 0.494 e. The van der Waals surface area contributed by atoms with Gasteiger partial charge in [0.25, 0.3) is 5.91 Å². The molecule has 0 atom stereocenters. The summed E-state index contributed by atoms with van der Waals surface area (Å²) in [5, 5.41) is 2.77. The lowest BCUT2D eigenvalue weighted by Gasteiger charge is -2.19. The van der Waals surface area contributed by atoms with E-state index in [1.165, 1.54) is 31.4 Å². The van der Waals surface area contributed by atoms with E-state index in [-0.39, 0.29) is 11.8 Å². The average molecular weight is 353 g/mol. The summed E-state index contributed by atoms with van der Waals surface area (Å²) in [5.41, 5.74) is 7.16. The molecule has 134 valence electrons. The molecule has 0 aromatic heterocycles. The molecule has 1 fully saturated rings. The maximum atomic E-state index is 12.4. The van der Waals surface area contributed by atoms with Crippen molar-refractivity contribution in [2.45, 2.75) is 12.8 Å². The van der Waals surface area contributed by atoms with Crippen molar-refractivity contribution < 1.29 is 19.1 Å². The molecule has 0 saturated carbocycles. The third kappa shape index (κ3) is 3.51. The molecule has 3 amide bonds. The Hall–Kier alpha value is -3.35. The first kappa shape index (κ1) is 17.5. The Bertz CT molecular complexity index is 862. The summed E-state index contributed by atoms with van der Waals surface area (Å²) in [6.45, 7) is 0.660. The van der Waals surface area contributed by atoms with Crippen molar-refractivity contribution in [2.75, 3.05) is 23.9 Å². The van der Waals surface area contributed by atoms with Crippen molar-refractivity contribution in [3.05, 3.63) is 53.6 Å². The number of hydrogen-bond donors (Lipinski definition) is 2. The second kappa shape index (κ2) is 7.26. The highest BCUT2D eigenvalue weighted by molar-refractivity contribution is 6.05. The number of ether oxygens (including phenoxy) is 1. The smallest absolute Gasteiger partial charge is 0.255 e. The molecule has 0 unspecified atom stereocenters. The number of nitrogens with two attached hydrogens (primary N) is 1. The molecular formula is C19H19N3O4. The quantitative estimate of drug-likeness (QED) is 0.860. The summed E-state index contributed by atoms with van der Waals surface area (Å²) in [6.07, 6.45) is 1.35. The van der Waals surface area contributed by atoms with Gasteiger partial charge in [0.1, 0.15) is 5.75 Å². The number of methoxy groups -OCH3 is 1. The number of rotatable bonds is 5. The van der Waals surface area contributed by atoms with Crippen LogP contribution < -0.4 is 20.7 Å². The van der Waals surface area contributed by atoms with Crippen LogP contribution in [0.3, 0.4) is 0 Å². The van der Waals surface area contributed by atoms with E-state index in [0.717, 1.165) is 6.42 Å². The van der Waals surface area contributed by atoms with Crippen molar-refractivity contribution in [1.29, 1.82) is 0 Å². The number of carbonyl (C=O) groups excluding carboxylic acids is 3. The molecular weight excluding hydrogens is 334 g/mol. The Morgan fingerprint density at radius 3 is 2.38 bits per heavy atom. The average Bonchev–Trinajstić information content (AvgIpc) is 3.07. The van der Waals surface area contributed by atoms with Crippen LogP contribution in [0.5, 0.6) is 5.75 Å². The second-order valence-electron chi connectivity index (χ2n) is 5.93. The topological polar surface area (TPSA) is 102 Å². The maximum Gasteiger partial charge on any atom is 0.255 e. The van der Waals surface area contributed by atoms with Crippen LogP contribution in [0.1, 0.15) is 33.6 Å². The first-order chi connectivity index (χ1) is 12.5. The highest BCUT2D eigenvalue weighted by Gasteiger charge is 2.24. The van der Waals surface area contributed by atoms with E-state index in [9.17, 15) is 14.4 Å². The lowest BCUT2D eigenvalue weighted by atomic mass is 10.1. The van der Waals surface area contributed by atoms with E-state index in [4.69, 9.17) is 10.5 Å². The predicted molar refractivity (Wildman–Crippen MR) is 97.5 cm³/mol. The lowest BCUT2D eigenvalue weighted by molar-refractivity contribution is -0.117. The summed E-state index contributed by atoms with van der Waals surface area (Å²) in [7, 11) is 1.52. The summed E-state index contributed by atoms with van der Waals surface area (Å²) in [4.78, 5) is 37.1. The zero-order chi connectivity index (χ0) is 18.7. The Morgan fingerprint density at radius 1 is 1.12 bits per heavy atom. The summed E-state index contributed by atoms with van der Waals surface area (Å²) < 4.78 is 5.38. The molecule has 3 rings (SSSR count). The van der Waals surface area contributed by atoms with Crippen LogP contribution in [0.4, 0.5) is 11.4 Å². The zero-order valence-electron chi connectivity index (χ0n) is 14.3. The number of benzene rings is 2. The van der Waals surface area contributed by atoms with Crippen molar-refractivity contribution in [3.63, 3.8) is 0 Å². The standard InChI is InChI=1S/C19H19N3O4/c1-26-16-11-14(8-9-15(16)22-10-2-3-17(22)23)21-19(25)13-6-4-12(5-7-13)18(20)24/h4-9,11H,2-3,10H2,1H3,(H2,20,24)(H,21,25). The van der Waals surface area contributed by atoms with E-state index in [1.54, 1.807) is 23.1 Å². The van der Waals surface area contributed by atoms with Crippen LogP contribution in [0, 0.1) is 0 Å². The molecule has 2 aromatic carbocycles. The molecule has 3 N–H and O–H groups in total. The van der Waals surface area contributed by atoms with Gasteiger partial charge < -0.3 is 20.7 Å². The minimum atomic E-state index is -0.547. The number of nitrogens with zero attached hydrogens (tertiary/aromatic N) is 1. The van der Waals surface area contributed by atoms with Gasteiger partial charge in [0.15, 0.2) is 0 Å². The van der Waals surface area contributed by atoms with Crippen LogP contribution in [0.2, 0.25) is 0 Å². The molecule has 7 heteroatoms. The Labute approximate surface area is 150 Å². The monoisotopic (exact) mass is 353 g/mol. The van der Waals surface area contributed by atoms with Gasteiger partial charge in [-0.25, -0.2) is 0 Å². The second-order valence-corrected chi connectivity index (χ2v) is 5.93. The summed E-state index contributed by atoms with van der Waals surface area (Å²) >= 11 is 0. The van der Waals surface area contributed by atoms with Crippen LogP contribution in [0.25, 0.3) is 0 Å². The SMILES string of the molecule is COc1cc(NC(=O)c2ccc(C(N)=O)cc2)ccc1N1CCCC1=O. The minimum Gasteiger partial charge on any atom is -0.494 e. The fraction of sp³-hybridized carbons (Fsp3) is 0.211. The molecule has 1 aliphatic heterocycles. The van der Waals surface area contributed by atoms with E-state index < -0.39 is 5.91 Å². The van der Waals surface area contributed by atoms with Crippen molar-refractivity contribution >= 4 is 29.1 Å². The molecule has 1 heterocycles. The van der Waals surface area contributed by atoms with Gasteiger partial charge in [0, 0.05) is 35.8 Å². The molecule has 1 saturated heterocycles. The predicted octanol–water partition coefficient (Wildman–Crippen LogP) is 2.17. The number of hydrogen-bond acceptors (Lipinski definition) is 4. The lowest BCUT2D eigenvalue weighted by Crippen LogP contribution is -2.24. The Kier molecular flexibility index (Phi) is 4.88. The molecule has 0 aliphatic carbocycles. The highest BCUT2D eigenvalue weighted by Crippen LogP contribution is 2.33. The maximum absolute atomic E-state index is 12.4. The third-order valence-electron chi connectivity index (χ3n) is 4.23.